The molecule has 0 saturated heterocycles. The van der Waals surface area contributed by atoms with E-state index in [0.717, 1.165) is 28.0 Å². The van der Waals surface area contributed by atoms with E-state index in [0.29, 0.717) is 0 Å². The van der Waals surface area contributed by atoms with Crippen LogP contribution in [0.1, 0.15) is 18.1 Å². The van der Waals surface area contributed by atoms with Gasteiger partial charge in [-0.15, -0.1) is 0 Å². The summed E-state index contributed by atoms with van der Waals surface area (Å²) in [6, 6.07) is 17.5. The van der Waals surface area contributed by atoms with Crippen molar-refractivity contribution in [1.82, 2.24) is 0 Å². The topological polar surface area (TPSA) is 35.5 Å². The van der Waals surface area contributed by atoms with Gasteiger partial charge in [0.15, 0.2) is 0 Å². The fourth-order valence-electron chi connectivity index (χ4n) is 3.17. The van der Waals surface area contributed by atoms with Crippen LogP contribution in [0.25, 0.3) is 5.57 Å². The minimum Gasteiger partial charge on any atom is -0.497 e. The Morgan fingerprint density at radius 1 is 0.955 bits per heavy atom. The molecular weight excluding hydrogens is 276 g/mol. The molecule has 0 saturated carbocycles. The second-order valence-electron chi connectivity index (χ2n) is 5.34. The van der Waals surface area contributed by atoms with Crippen LogP contribution in [-0.2, 0) is 14.9 Å². The zero-order chi connectivity index (χ0) is 15.7. The Morgan fingerprint density at radius 2 is 1.59 bits per heavy atom. The fraction of sp³-hybridized carbons (Fsp3) is 0.211. The van der Waals surface area contributed by atoms with Gasteiger partial charge in [-0.05, 0) is 41.3 Å². The smallest absolute Gasteiger partial charge is 0.325 e. The van der Waals surface area contributed by atoms with Gasteiger partial charge in [0.1, 0.15) is 11.2 Å². The Bertz CT molecular complexity index is 729. The Hall–Kier alpha value is -2.55. The van der Waals surface area contributed by atoms with Crippen LogP contribution in [0.2, 0.25) is 0 Å². The summed E-state index contributed by atoms with van der Waals surface area (Å²) in [5.41, 5.74) is 3.28. The highest BCUT2D eigenvalue weighted by Gasteiger charge is 2.59. The monoisotopic (exact) mass is 294 g/mol. The minimum atomic E-state index is -0.745. The van der Waals surface area contributed by atoms with Gasteiger partial charge in [0.05, 0.1) is 14.2 Å². The van der Waals surface area contributed by atoms with Gasteiger partial charge >= 0.3 is 5.97 Å². The van der Waals surface area contributed by atoms with Gasteiger partial charge in [0, 0.05) is 0 Å². The average Bonchev–Trinajstić information content (AvgIpc) is 3.21. The molecule has 3 heteroatoms. The second kappa shape index (κ2) is 5.34. The highest BCUT2D eigenvalue weighted by atomic mass is 16.5. The second-order valence-corrected chi connectivity index (χ2v) is 5.34. The molecule has 3 rings (SSSR count). The molecule has 22 heavy (non-hydrogen) atoms. The molecule has 0 bridgehead atoms. The number of hydrogen-bond donors (Lipinski definition) is 0. The van der Waals surface area contributed by atoms with Crippen LogP contribution in [0.3, 0.4) is 0 Å². The Morgan fingerprint density at radius 3 is 2.14 bits per heavy atom. The lowest BCUT2D eigenvalue weighted by Gasteiger charge is -2.18. The molecule has 2 aromatic carbocycles. The van der Waals surface area contributed by atoms with E-state index in [4.69, 9.17) is 9.47 Å². The van der Waals surface area contributed by atoms with Crippen molar-refractivity contribution in [3.05, 3.63) is 71.3 Å². The van der Waals surface area contributed by atoms with Gasteiger partial charge in [-0.25, -0.2) is 0 Å². The number of carbonyl (C=O) groups excluding carboxylic acids is 1. The molecule has 0 aromatic heterocycles. The summed E-state index contributed by atoms with van der Waals surface area (Å²) in [5, 5.41) is 0. The lowest BCUT2D eigenvalue weighted by atomic mass is 9.86. The minimum absolute atomic E-state index is 0.234. The molecule has 0 aliphatic heterocycles. The maximum absolute atomic E-state index is 12.5. The van der Waals surface area contributed by atoms with Crippen molar-refractivity contribution in [3.63, 3.8) is 0 Å². The molecule has 0 heterocycles. The third kappa shape index (κ3) is 1.93. The van der Waals surface area contributed by atoms with Crippen LogP contribution in [0, 0.1) is 0 Å². The zero-order valence-corrected chi connectivity index (χ0v) is 12.9. The van der Waals surface area contributed by atoms with Crippen molar-refractivity contribution in [1.29, 1.82) is 0 Å². The van der Waals surface area contributed by atoms with E-state index in [1.54, 1.807) is 7.11 Å². The first kappa shape index (κ1) is 14.4. The summed E-state index contributed by atoms with van der Waals surface area (Å²) in [6.07, 6.45) is 0. The van der Waals surface area contributed by atoms with Crippen LogP contribution in [0.15, 0.2) is 60.2 Å². The number of carbonyl (C=O) groups is 1. The molecule has 1 unspecified atom stereocenters. The highest BCUT2D eigenvalue weighted by molar-refractivity contribution is 6.15. The first-order chi connectivity index (χ1) is 10.7. The van der Waals surface area contributed by atoms with E-state index in [1.807, 2.05) is 61.5 Å². The largest absolute Gasteiger partial charge is 0.497 e. The molecule has 1 atom stereocenters. The quantitative estimate of drug-likeness (QED) is 0.808. The predicted molar refractivity (Wildman–Crippen MR) is 85.7 cm³/mol. The number of esters is 1. The number of rotatable bonds is 4. The molecule has 0 N–H and O–H groups in total. The van der Waals surface area contributed by atoms with E-state index in [1.165, 1.54) is 7.11 Å². The van der Waals surface area contributed by atoms with E-state index < -0.39 is 5.41 Å². The summed E-state index contributed by atoms with van der Waals surface area (Å²) in [4.78, 5) is 12.5. The molecule has 3 nitrogen and oxygen atoms in total. The van der Waals surface area contributed by atoms with E-state index in [-0.39, 0.29) is 5.97 Å². The Balaban J connectivity index is 2.06. The summed E-state index contributed by atoms with van der Waals surface area (Å²) >= 11 is 0. The van der Waals surface area contributed by atoms with Crippen LogP contribution < -0.4 is 4.74 Å². The number of hydrogen-bond acceptors (Lipinski definition) is 3. The zero-order valence-electron chi connectivity index (χ0n) is 12.9. The van der Waals surface area contributed by atoms with Crippen molar-refractivity contribution >= 4 is 11.5 Å². The fourth-order valence-corrected chi connectivity index (χ4v) is 3.17. The molecular formula is C19H18O3. The standard InChI is InChI=1S/C19H18O3/c1-13-17(14-9-11-16(21-2)12-10-14)19(13,18(20)22-3)15-7-5-4-6-8-15/h4-12H,1-3H3. The van der Waals surface area contributed by atoms with Gasteiger partial charge in [-0.2, -0.15) is 0 Å². The lowest BCUT2D eigenvalue weighted by Crippen LogP contribution is -2.26. The van der Waals surface area contributed by atoms with E-state index >= 15 is 0 Å². The van der Waals surface area contributed by atoms with Crippen molar-refractivity contribution in [2.24, 2.45) is 0 Å². The number of methoxy groups -OCH3 is 2. The van der Waals surface area contributed by atoms with Crippen LogP contribution in [-0.4, -0.2) is 20.2 Å². The summed E-state index contributed by atoms with van der Waals surface area (Å²) in [5.74, 6) is 0.563. The average molecular weight is 294 g/mol. The highest BCUT2D eigenvalue weighted by Crippen LogP contribution is 2.60. The molecule has 0 radical (unpaired) electrons. The maximum atomic E-state index is 12.5. The van der Waals surface area contributed by atoms with Gasteiger partial charge in [-0.1, -0.05) is 42.5 Å². The first-order valence-electron chi connectivity index (χ1n) is 7.16. The van der Waals surface area contributed by atoms with Gasteiger partial charge in [0.2, 0.25) is 0 Å². The summed E-state index contributed by atoms with van der Waals surface area (Å²) < 4.78 is 10.3. The van der Waals surface area contributed by atoms with Crippen molar-refractivity contribution in [3.8, 4) is 5.75 Å². The van der Waals surface area contributed by atoms with Gasteiger partial charge < -0.3 is 9.47 Å². The van der Waals surface area contributed by atoms with Crippen LogP contribution >= 0.6 is 0 Å². The van der Waals surface area contributed by atoms with Crippen molar-refractivity contribution < 1.29 is 14.3 Å². The van der Waals surface area contributed by atoms with Crippen LogP contribution in [0.4, 0.5) is 0 Å². The van der Waals surface area contributed by atoms with Gasteiger partial charge in [0.25, 0.3) is 0 Å². The predicted octanol–water partition coefficient (Wildman–Crippen LogP) is 3.59. The molecule has 0 amide bonds. The normalized spacial score (nSPS) is 19.8. The maximum Gasteiger partial charge on any atom is 0.325 e. The molecule has 2 aromatic rings. The molecule has 112 valence electrons. The molecule has 0 spiro atoms. The van der Waals surface area contributed by atoms with Crippen LogP contribution in [0.5, 0.6) is 5.75 Å². The van der Waals surface area contributed by atoms with Crippen molar-refractivity contribution in [2.75, 3.05) is 14.2 Å². The first-order valence-corrected chi connectivity index (χ1v) is 7.16. The number of benzene rings is 2. The summed E-state index contributed by atoms with van der Waals surface area (Å²) in [6.45, 7) is 1.99. The Kier molecular flexibility index (Phi) is 3.49. The third-order valence-corrected chi connectivity index (χ3v) is 4.33. The Labute approximate surface area is 130 Å². The van der Waals surface area contributed by atoms with E-state index in [9.17, 15) is 4.79 Å². The summed E-state index contributed by atoms with van der Waals surface area (Å²) in [7, 11) is 3.07. The van der Waals surface area contributed by atoms with E-state index in [2.05, 4.69) is 0 Å². The van der Waals surface area contributed by atoms with Gasteiger partial charge in [-0.3, -0.25) is 4.79 Å². The lowest BCUT2D eigenvalue weighted by molar-refractivity contribution is -0.142. The molecule has 1 aliphatic carbocycles. The number of ether oxygens (including phenoxy) is 2. The third-order valence-electron chi connectivity index (χ3n) is 4.33. The SMILES string of the molecule is COC(=O)C1(c2ccccc2)C(C)=C1c1ccc(OC)cc1. The molecule has 1 aliphatic rings. The molecule has 0 fully saturated rings. The van der Waals surface area contributed by atoms with Crippen molar-refractivity contribution in [2.45, 2.75) is 12.3 Å².